The molecule has 6 heteroatoms. The average molecular weight is 687 g/mol. The van der Waals surface area contributed by atoms with Gasteiger partial charge in [0.25, 0.3) is 0 Å². The van der Waals surface area contributed by atoms with E-state index in [1.165, 1.54) is 5.57 Å². The van der Waals surface area contributed by atoms with E-state index < -0.39 is 17.8 Å². The SMILES string of the molecule is COc1ccc(C(c2ccccc2)c2ccc(OC)c(C3(C4=CC(=O)c5cccc6c5=C4C4=CC=CC5=CC=CC=6C54)C[C@H](O)[C@@H](CO)O3)c2)cc1. The summed E-state index contributed by atoms with van der Waals surface area (Å²) in [4.78, 5) is 14.3. The van der Waals surface area contributed by atoms with Crippen LogP contribution in [0.1, 0.15) is 45.0 Å². The van der Waals surface area contributed by atoms with Crippen LogP contribution in [0.4, 0.5) is 0 Å². The second-order valence-corrected chi connectivity index (χ2v) is 13.9. The Morgan fingerprint density at radius 3 is 2.38 bits per heavy atom. The molecular weight excluding hydrogens is 649 g/mol. The lowest BCUT2D eigenvalue weighted by molar-refractivity contribution is -0.0572. The minimum absolute atomic E-state index is 0.0212. The van der Waals surface area contributed by atoms with Crippen LogP contribution >= 0.6 is 0 Å². The predicted molar refractivity (Wildman–Crippen MR) is 200 cm³/mol. The lowest BCUT2D eigenvalue weighted by Gasteiger charge is -2.41. The first-order chi connectivity index (χ1) is 25.5. The average Bonchev–Trinajstić information content (AvgIpc) is 3.54. The molecular formula is C46H38O6. The molecule has 0 radical (unpaired) electrons. The molecule has 6 nitrogen and oxygen atoms in total. The van der Waals surface area contributed by atoms with Crippen molar-refractivity contribution in [3.8, 4) is 11.5 Å². The molecule has 4 aromatic rings. The van der Waals surface area contributed by atoms with Gasteiger partial charge in [-0.25, -0.2) is 0 Å². The number of ether oxygens (including phenoxy) is 3. The van der Waals surface area contributed by atoms with E-state index in [2.05, 4.69) is 78.9 Å². The van der Waals surface area contributed by atoms with E-state index in [-0.39, 0.29) is 30.6 Å². The summed E-state index contributed by atoms with van der Waals surface area (Å²) in [6.07, 6.45) is 12.7. The number of methoxy groups -OCH3 is 2. The zero-order chi connectivity index (χ0) is 35.6. The first-order valence-corrected chi connectivity index (χ1v) is 17.7. The Kier molecular flexibility index (Phi) is 7.85. The van der Waals surface area contributed by atoms with Crippen LogP contribution in [0.25, 0.3) is 11.1 Å². The van der Waals surface area contributed by atoms with Gasteiger partial charge in [0.15, 0.2) is 5.78 Å². The van der Waals surface area contributed by atoms with Crippen molar-refractivity contribution in [1.29, 1.82) is 0 Å². The van der Waals surface area contributed by atoms with Crippen molar-refractivity contribution in [1.82, 2.24) is 0 Å². The summed E-state index contributed by atoms with van der Waals surface area (Å²) in [5.74, 6) is 1.01. The van der Waals surface area contributed by atoms with Crippen molar-refractivity contribution in [3.63, 3.8) is 0 Å². The first-order valence-electron chi connectivity index (χ1n) is 17.7. The van der Waals surface area contributed by atoms with E-state index in [0.717, 1.165) is 49.6 Å². The van der Waals surface area contributed by atoms with Crippen LogP contribution in [0.3, 0.4) is 0 Å². The molecule has 1 aliphatic heterocycles. The zero-order valence-corrected chi connectivity index (χ0v) is 29.0. The highest BCUT2D eigenvalue weighted by molar-refractivity contribution is 6.12. The van der Waals surface area contributed by atoms with E-state index in [0.29, 0.717) is 22.4 Å². The van der Waals surface area contributed by atoms with E-state index >= 15 is 0 Å². The number of benzene rings is 4. The van der Waals surface area contributed by atoms with Gasteiger partial charge in [0.1, 0.15) is 23.2 Å². The third-order valence-corrected chi connectivity index (χ3v) is 11.3. The van der Waals surface area contributed by atoms with Crippen molar-refractivity contribution in [2.24, 2.45) is 5.92 Å². The molecule has 1 saturated heterocycles. The van der Waals surface area contributed by atoms with Crippen LogP contribution in [-0.2, 0) is 10.3 Å². The fourth-order valence-electron chi connectivity index (χ4n) is 8.97. The van der Waals surface area contributed by atoms with Gasteiger partial charge >= 0.3 is 0 Å². The second kappa shape index (κ2) is 12.6. The van der Waals surface area contributed by atoms with Gasteiger partial charge in [-0.05, 0) is 74.5 Å². The lowest BCUT2D eigenvalue weighted by Crippen LogP contribution is -2.46. The molecule has 5 aliphatic rings. The van der Waals surface area contributed by atoms with Crippen molar-refractivity contribution in [3.05, 3.63) is 189 Å². The number of carbonyl (C=O) groups is 1. The van der Waals surface area contributed by atoms with Crippen LogP contribution in [-0.4, -0.2) is 49.0 Å². The normalized spacial score (nSPS) is 24.4. The van der Waals surface area contributed by atoms with Gasteiger partial charge in [0, 0.05) is 40.2 Å². The zero-order valence-electron chi connectivity index (χ0n) is 29.0. The van der Waals surface area contributed by atoms with Crippen LogP contribution in [0.15, 0.2) is 150 Å². The first kappa shape index (κ1) is 32.4. The number of ketones is 1. The van der Waals surface area contributed by atoms with Gasteiger partial charge in [0.2, 0.25) is 0 Å². The van der Waals surface area contributed by atoms with E-state index in [9.17, 15) is 15.0 Å². The highest BCUT2D eigenvalue weighted by atomic mass is 16.5. The largest absolute Gasteiger partial charge is 0.497 e. The summed E-state index contributed by atoms with van der Waals surface area (Å²) in [7, 11) is 3.29. The highest BCUT2D eigenvalue weighted by Crippen LogP contribution is 2.55. The van der Waals surface area contributed by atoms with E-state index in [1.54, 1.807) is 20.3 Å². The number of hydrogen-bond donors (Lipinski definition) is 2. The number of aliphatic hydroxyl groups is 2. The van der Waals surface area contributed by atoms with Crippen molar-refractivity contribution < 1.29 is 29.2 Å². The van der Waals surface area contributed by atoms with E-state index in [4.69, 9.17) is 14.2 Å². The van der Waals surface area contributed by atoms with Crippen LogP contribution in [0, 0.1) is 5.92 Å². The summed E-state index contributed by atoms with van der Waals surface area (Å²) in [5.41, 5.74) is 8.12. The molecule has 52 heavy (non-hydrogen) atoms. The van der Waals surface area contributed by atoms with Gasteiger partial charge in [-0.1, -0.05) is 103 Å². The molecule has 1 fully saturated rings. The lowest BCUT2D eigenvalue weighted by atomic mass is 9.65. The Labute approximate surface area is 302 Å². The number of aliphatic hydroxyl groups excluding tert-OH is 2. The Morgan fingerprint density at radius 1 is 0.865 bits per heavy atom. The molecule has 0 spiro atoms. The van der Waals surface area contributed by atoms with Crippen molar-refractivity contribution >= 4 is 16.9 Å². The minimum atomic E-state index is -1.35. The van der Waals surface area contributed by atoms with Gasteiger partial charge in [-0.3, -0.25) is 4.79 Å². The fourth-order valence-corrected chi connectivity index (χ4v) is 8.97. The smallest absolute Gasteiger partial charge is 0.186 e. The summed E-state index contributed by atoms with van der Waals surface area (Å²) in [6.45, 7) is -0.383. The van der Waals surface area contributed by atoms with Gasteiger partial charge in [0.05, 0.1) is 26.9 Å². The molecule has 4 aromatic carbocycles. The molecule has 0 aromatic heterocycles. The molecule has 258 valence electrons. The maximum atomic E-state index is 14.3. The van der Waals surface area contributed by atoms with Crippen molar-refractivity contribution in [2.75, 3.05) is 20.8 Å². The Hall–Kier alpha value is -5.53. The molecule has 4 aliphatic carbocycles. The molecule has 3 unspecified atom stereocenters. The maximum absolute atomic E-state index is 14.3. The van der Waals surface area contributed by atoms with Gasteiger partial charge in [-0.15, -0.1) is 0 Å². The fraction of sp³-hybridized carbons (Fsp3) is 0.196. The quantitative estimate of drug-likeness (QED) is 0.223. The third-order valence-electron chi connectivity index (χ3n) is 11.3. The highest BCUT2D eigenvalue weighted by Gasteiger charge is 2.54. The standard InChI is InChI=1S/C46H38O6/c1-50-31-20-17-29(18-21-31)42(27-9-4-3-5-10-27)30-19-22-40(51-2)36(23-30)46(25-39(49)41(26-47)52-46)37-24-38(48)34-15-8-14-33-32-13-6-11-28-12-7-16-35(43(28)32)45(37)44(33)34/h3-24,39,41-43,47,49H,25-26H2,1-2H3/t39-,41+,42?,43?,46?/m0/s1. The Bertz CT molecular complexity index is 2410. The Morgan fingerprint density at radius 2 is 1.63 bits per heavy atom. The van der Waals surface area contributed by atoms with Crippen LogP contribution < -0.4 is 19.9 Å². The summed E-state index contributed by atoms with van der Waals surface area (Å²) in [6, 6.07) is 30.5. The molecule has 5 atom stereocenters. The summed E-state index contributed by atoms with van der Waals surface area (Å²) >= 11 is 0. The Balaban J connectivity index is 1.33. The van der Waals surface area contributed by atoms with Crippen LogP contribution in [0.2, 0.25) is 0 Å². The summed E-state index contributed by atoms with van der Waals surface area (Å²) < 4.78 is 18.6. The molecule has 0 amide bonds. The third kappa shape index (κ3) is 4.86. The molecule has 1 heterocycles. The van der Waals surface area contributed by atoms with Crippen molar-refractivity contribution in [2.45, 2.75) is 30.1 Å². The second-order valence-electron chi connectivity index (χ2n) is 13.9. The van der Waals surface area contributed by atoms with E-state index in [1.807, 2.05) is 48.5 Å². The number of hydrogen-bond acceptors (Lipinski definition) is 6. The maximum Gasteiger partial charge on any atom is 0.186 e. The number of rotatable bonds is 8. The number of fused-ring (bicyclic) bond motifs is 1. The topological polar surface area (TPSA) is 85.2 Å². The van der Waals surface area contributed by atoms with Crippen LogP contribution in [0.5, 0.6) is 11.5 Å². The van der Waals surface area contributed by atoms with Gasteiger partial charge < -0.3 is 24.4 Å². The number of carbonyl (C=O) groups excluding carboxylic acids is 1. The molecule has 2 N–H and O–H groups in total. The minimum Gasteiger partial charge on any atom is -0.497 e. The number of allylic oxidation sites excluding steroid dienone is 9. The molecule has 0 saturated carbocycles. The molecule has 0 bridgehead atoms. The predicted octanol–water partition coefficient (Wildman–Crippen LogP) is 5.97. The van der Waals surface area contributed by atoms with Gasteiger partial charge in [-0.2, -0.15) is 0 Å². The monoisotopic (exact) mass is 686 g/mol. The molecule has 9 rings (SSSR count). The summed E-state index contributed by atoms with van der Waals surface area (Å²) in [5, 5.41) is 24.1.